The summed E-state index contributed by atoms with van der Waals surface area (Å²) in [6.45, 7) is 4.88. The van der Waals surface area contributed by atoms with Crippen LogP contribution in [0.4, 0.5) is 0 Å². The summed E-state index contributed by atoms with van der Waals surface area (Å²) in [5, 5.41) is 0. The molecule has 2 unspecified atom stereocenters. The predicted octanol–water partition coefficient (Wildman–Crippen LogP) is 3.72. The molecule has 6 aliphatic rings. The van der Waals surface area contributed by atoms with Crippen LogP contribution in [-0.2, 0) is 0 Å². The van der Waals surface area contributed by atoms with Crippen molar-refractivity contribution in [3.05, 3.63) is 0 Å². The molecule has 0 heterocycles. The molecule has 2 N–H and O–H groups in total. The molecule has 92 valence electrons. The summed E-state index contributed by atoms with van der Waals surface area (Å²) >= 11 is 0. The molecular formula is C15H27N. The highest BCUT2D eigenvalue weighted by Gasteiger charge is 2.52. The second-order valence-electron chi connectivity index (χ2n) is 7.49. The Bertz CT molecular complexity index is 275. The molecule has 6 saturated carbocycles. The van der Waals surface area contributed by atoms with Gasteiger partial charge in [0.15, 0.2) is 0 Å². The molecule has 6 rings (SSSR count). The summed E-state index contributed by atoms with van der Waals surface area (Å²) in [6.07, 6.45) is 11.4. The zero-order chi connectivity index (χ0) is 11.4. The van der Waals surface area contributed by atoms with Crippen LogP contribution >= 0.6 is 0 Å². The van der Waals surface area contributed by atoms with Gasteiger partial charge in [-0.2, -0.15) is 0 Å². The Morgan fingerprint density at radius 3 is 2.25 bits per heavy atom. The zero-order valence-electron chi connectivity index (χ0n) is 11.0. The van der Waals surface area contributed by atoms with Gasteiger partial charge in [-0.3, -0.25) is 0 Å². The van der Waals surface area contributed by atoms with Crippen molar-refractivity contribution in [1.29, 1.82) is 0 Å². The first-order valence-electron chi connectivity index (χ1n) is 7.30. The number of nitrogens with two attached hydrogens (primary N) is 1. The van der Waals surface area contributed by atoms with Crippen LogP contribution in [0.25, 0.3) is 0 Å². The summed E-state index contributed by atoms with van der Waals surface area (Å²) in [5.74, 6) is 2.84. The molecule has 0 aromatic rings. The first kappa shape index (κ1) is 11.1. The van der Waals surface area contributed by atoms with Crippen molar-refractivity contribution in [1.82, 2.24) is 0 Å². The monoisotopic (exact) mass is 221 g/mol. The van der Waals surface area contributed by atoms with Gasteiger partial charge in [-0.25, -0.2) is 0 Å². The molecule has 1 heteroatoms. The molecule has 6 aliphatic carbocycles. The van der Waals surface area contributed by atoms with Crippen LogP contribution in [0.15, 0.2) is 0 Å². The second-order valence-corrected chi connectivity index (χ2v) is 7.49. The molecule has 6 fully saturated rings. The molecule has 0 saturated heterocycles. The van der Waals surface area contributed by atoms with E-state index in [9.17, 15) is 0 Å². The summed E-state index contributed by atoms with van der Waals surface area (Å²) in [5.41, 5.74) is 7.42. The highest BCUT2D eigenvalue weighted by molar-refractivity contribution is 5.08. The van der Waals surface area contributed by atoms with Gasteiger partial charge in [-0.15, -0.1) is 0 Å². The fourth-order valence-corrected chi connectivity index (χ4v) is 5.14. The van der Waals surface area contributed by atoms with E-state index in [2.05, 4.69) is 13.8 Å². The Balaban J connectivity index is 1.99. The molecule has 1 nitrogen and oxygen atoms in total. The Morgan fingerprint density at radius 1 is 0.938 bits per heavy atom. The van der Waals surface area contributed by atoms with Gasteiger partial charge in [0.2, 0.25) is 0 Å². The Kier molecular flexibility index (Phi) is 2.41. The highest BCUT2D eigenvalue weighted by Crippen LogP contribution is 2.55. The van der Waals surface area contributed by atoms with Crippen molar-refractivity contribution in [2.45, 2.75) is 70.8 Å². The summed E-state index contributed by atoms with van der Waals surface area (Å²) in [6, 6.07) is 0. The number of hydrogen-bond acceptors (Lipinski definition) is 1. The minimum absolute atomic E-state index is 0.152. The lowest BCUT2D eigenvalue weighted by Crippen LogP contribution is -2.60. The molecule has 0 aliphatic heterocycles. The van der Waals surface area contributed by atoms with E-state index in [4.69, 9.17) is 5.73 Å². The molecule has 4 bridgehead atoms. The van der Waals surface area contributed by atoms with E-state index in [0.29, 0.717) is 5.41 Å². The lowest BCUT2D eigenvalue weighted by atomic mass is 9.55. The SMILES string of the molecule is CC1(C)CC2CCC1(N)C1CCC(CC1)C2. The minimum Gasteiger partial charge on any atom is -0.324 e. The third-order valence-corrected chi connectivity index (χ3v) is 6.27. The van der Waals surface area contributed by atoms with Crippen molar-refractivity contribution in [3.8, 4) is 0 Å². The Hall–Kier alpha value is -0.0400. The summed E-state index contributed by atoms with van der Waals surface area (Å²) < 4.78 is 0. The van der Waals surface area contributed by atoms with Gasteiger partial charge < -0.3 is 5.73 Å². The average Bonchev–Trinajstić information content (AvgIpc) is 2.36. The first-order chi connectivity index (χ1) is 7.51. The Morgan fingerprint density at radius 2 is 1.62 bits per heavy atom. The summed E-state index contributed by atoms with van der Waals surface area (Å²) in [7, 11) is 0. The van der Waals surface area contributed by atoms with Gasteiger partial charge in [0.1, 0.15) is 0 Å². The van der Waals surface area contributed by atoms with E-state index in [1.54, 1.807) is 0 Å². The van der Waals surface area contributed by atoms with Gasteiger partial charge >= 0.3 is 0 Å². The van der Waals surface area contributed by atoms with Crippen LogP contribution in [0.2, 0.25) is 0 Å². The molecule has 0 aromatic carbocycles. The van der Waals surface area contributed by atoms with E-state index < -0.39 is 0 Å². The third kappa shape index (κ3) is 1.47. The van der Waals surface area contributed by atoms with Gasteiger partial charge in [-0.05, 0) is 61.7 Å². The quantitative estimate of drug-likeness (QED) is 0.663. The topological polar surface area (TPSA) is 26.0 Å². The van der Waals surface area contributed by atoms with Gasteiger partial charge in [0.05, 0.1) is 0 Å². The largest absolute Gasteiger partial charge is 0.324 e. The van der Waals surface area contributed by atoms with E-state index >= 15 is 0 Å². The molecule has 2 atom stereocenters. The molecule has 0 aromatic heterocycles. The van der Waals surface area contributed by atoms with Crippen molar-refractivity contribution < 1.29 is 0 Å². The maximum absolute atomic E-state index is 6.89. The van der Waals surface area contributed by atoms with Crippen molar-refractivity contribution in [2.75, 3.05) is 0 Å². The smallest absolute Gasteiger partial charge is 0.0234 e. The van der Waals surface area contributed by atoms with E-state index in [1.165, 1.54) is 51.4 Å². The molecule has 0 spiro atoms. The predicted molar refractivity (Wildman–Crippen MR) is 68.1 cm³/mol. The lowest BCUT2D eigenvalue weighted by Gasteiger charge is -2.54. The van der Waals surface area contributed by atoms with E-state index in [0.717, 1.165) is 17.8 Å². The molecule has 16 heavy (non-hydrogen) atoms. The third-order valence-electron chi connectivity index (χ3n) is 6.27. The number of rotatable bonds is 0. The maximum Gasteiger partial charge on any atom is 0.0234 e. The van der Waals surface area contributed by atoms with Crippen molar-refractivity contribution >= 4 is 0 Å². The van der Waals surface area contributed by atoms with Crippen molar-refractivity contribution in [2.24, 2.45) is 28.9 Å². The van der Waals surface area contributed by atoms with Crippen LogP contribution in [0.3, 0.4) is 0 Å². The molecule has 0 amide bonds. The fraction of sp³-hybridized carbons (Fsp3) is 1.00. The highest BCUT2D eigenvalue weighted by atomic mass is 14.8. The summed E-state index contributed by atoms with van der Waals surface area (Å²) in [4.78, 5) is 0. The average molecular weight is 221 g/mol. The standard InChI is InChI=1S/C15H27N/c1-14(2)10-12-7-8-15(14,16)13-5-3-11(9-12)4-6-13/h11-13H,3-10,16H2,1-2H3. The van der Waals surface area contributed by atoms with Crippen LogP contribution in [0, 0.1) is 23.2 Å². The van der Waals surface area contributed by atoms with Crippen LogP contribution < -0.4 is 5.73 Å². The molecule has 0 radical (unpaired) electrons. The molecular weight excluding hydrogens is 194 g/mol. The van der Waals surface area contributed by atoms with Crippen molar-refractivity contribution in [3.63, 3.8) is 0 Å². The van der Waals surface area contributed by atoms with Gasteiger partial charge in [0, 0.05) is 5.54 Å². The van der Waals surface area contributed by atoms with E-state index in [-0.39, 0.29) is 5.54 Å². The first-order valence-corrected chi connectivity index (χ1v) is 7.30. The van der Waals surface area contributed by atoms with Gasteiger partial charge in [0.25, 0.3) is 0 Å². The van der Waals surface area contributed by atoms with Gasteiger partial charge in [-0.1, -0.05) is 26.7 Å². The maximum atomic E-state index is 6.89. The van der Waals surface area contributed by atoms with Crippen LogP contribution in [0.1, 0.15) is 65.2 Å². The lowest BCUT2D eigenvalue weighted by molar-refractivity contribution is 0.0173. The Labute approximate surface area is 100 Å². The van der Waals surface area contributed by atoms with E-state index in [1.807, 2.05) is 0 Å². The fourth-order valence-electron chi connectivity index (χ4n) is 5.14. The van der Waals surface area contributed by atoms with Crippen LogP contribution in [0.5, 0.6) is 0 Å². The second kappa shape index (κ2) is 3.48. The number of hydrogen-bond donors (Lipinski definition) is 1. The zero-order valence-corrected chi connectivity index (χ0v) is 11.0. The normalized spacial score (nSPS) is 50.8. The van der Waals surface area contributed by atoms with Crippen LogP contribution in [-0.4, -0.2) is 5.54 Å². The minimum atomic E-state index is 0.152.